The third-order valence-corrected chi connectivity index (χ3v) is 3.55. The third kappa shape index (κ3) is 3.97. The smallest absolute Gasteiger partial charge is 0.276 e. The molecular formula is C13H11Cl3N4O. The van der Waals surface area contributed by atoms with Crippen LogP contribution in [0.5, 0.6) is 0 Å². The van der Waals surface area contributed by atoms with Gasteiger partial charge in [-0.2, -0.15) is 0 Å². The van der Waals surface area contributed by atoms with Crippen molar-refractivity contribution < 1.29 is 4.79 Å². The number of nitrogens with zero attached hydrogens (tertiary/aromatic N) is 2. The second-order valence-electron chi connectivity index (χ2n) is 4.03. The van der Waals surface area contributed by atoms with Crippen molar-refractivity contribution in [2.75, 3.05) is 17.2 Å². The number of rotatable bonds is 4. The summed E-state index contributed by atoms with van der Waals surface area (Å²) >= 11 is 17.7. The Kier molecular flexibility index (Phi) is 5.22. The zero-order valence-electron chi connectivity index (χ0n) is 11.0. The van der Waals surface area contributed by atoms with Crippen LogP contribution in [-0.2, 0) is 0 Å². The van der Waals surface area contributed by atoms with Crippen LogP contribution in [0.2, 0.25) is 15.1 Å². The highest BCUT2D eigenvalue weighted by molar-refractivity contribution is 6.44. The summed E-state index contributed by atoms with van der Waals surface area (Å²) in [7, 11) is 0. The lowest BCUT2D eigenvalue weighted by Gasteiger charge is -2.08. The van der Waals surface area contributed by atoms with Crippen molar-refractivity contribution in [3.05, 3.63) is 45.0 Å². The Morgan fingerprint density at radius 3 is 2.43 bits per heavy atom. The minimum absolute atomic E-state index is 0.166. The molecule has 0 bridgehead atoms. The highest BCUT2D eigenvalue weighted by atomic mass is 35.5. The van der Waals surface area contributed by atoms with Gasteiger partial charge in [-0.05, 0) is 31.2 Å². The Labute approximate surface area is 136 Å². The van der Waals surface area contributed by atoms with Gasteiger partial charge >= 0.3 is 0 Å². The molecule has 2 N–H and O–H groups in total. The number of aromatic nitrogens is 2. The number of anilines is 2. The van der Waals surface area contributed by atoms with Gasteiger partial charge < -0.3 is 10.6 Å². The summed E-state index contributed by atoms with van der Waals surface area (Å²) in [4.78, 5) is 12.1. The monoisotopic (exact) mass is 344 g/mol. The lowest BCUT2D eigenvalue weighted by atomic mass is 10.3. The standard InChI is InChI=1S/C13H11Cl3N4O/c1-2-17-12-4-3-10(19-20-12)13(21)18-11-6-8(15)7(14)5-9(11)16/h3-6H,2H2,1H3,(H,17,20)(H,18,21). The van der Waals surface area contributed by atoms with E-state index in [0.717, 1.165) is 6.54 Å². The van der Waals surface area contributed by atoms with Crippen molar-refractivity contribution in [3.8, 4) is 0 Å². The third-order valence-electron chi connectivity index (χ3n) is 2.51. The normalized spacial score (nSPS) is 10.3. The van der Waals surface area contributed by atoms with Crippen LogP contribution < -0.4 is 10.6 Å². The SMILES string of the molecule is CCNc1ccc(C(=O)Nc2cc(Cl)c(Cl)cc2Cl)nn1. The molecule has 2 aromatic rings. The van der Waals surface area contributed by atoms with E-state index in [2.05, 4.69) is 20.8 Å². The maximum absolute atomic E-state index is 12.1. The predicted molar refractivity (Wildman–Crippen MR) is 85.6 cm³/mol. The molecule has 0 atom stereocenters. The van der Waals surface area contributed by atoms with Crippen LogP contribution in [-0.4, -0.2) is 22.6 Å². The molecule has 8 heteroatoms. The van der Waals surface area contributed by atoms with Gasteiger partial charge in [0.05, 0.1) is 20.8 Å². The predicted octanol–water partition coefficient (Wildman–Crippen LogP) is 4.12. The lowest BCUT2D eigenvalue weighted by Crippen LogP contribution is -2.15. The topological polar surface area (TPSA) is 66.9 Å². The molecule has 0 aliphatic rings. The summed E-state index contributed by atoms with van der Waals surface area (Å²) in [6, 6.07) is 6.17. The van der Waals surface area contributed by atoms with Crippen molar-refractivity contribution in [2.24, 2.45) is 0 Å². The van der Waals surface area contributed by atoms with Gasteiger partial charge in [0.15, 0.2) is 5.69 Å². The molecule has 0 aliphatic carbocycles. The minimum atomic E-state index is -0.439. The molecule has 110 valence electrons. The molecule has 0 radical (unpaired) electrons. The summed E-state index contributed by atoms with van der Waals surface area (Å²) in [6.07, 6.45) is 0. The molecule has 1 amide bonds. The van der Waals surface area contributed by atoms with Gasteiger partial charge in [0, 0.05) is 6.54 Å². The summed E-state index contributed by atoms with van der Waals surface area (Å²) in [5, 5.41) is 14.2. The summed E-state index contributed by atoms with van der Waals surface area (Å²) in [6.45, 7) is 2.66. The van der Waals surface area contributed by atoms with E-state index in [1.54, 1.807) is 12.1 Å². The Morgan fingerprint density at radius 2 is 1.81 bits per heavy atom. The van der Waals surface area contributed by atoms with E-state index in [0.29, 0.717) is 21.6 Å². The lowest BCUT2D eigenvalue weighted by molar-refractivity contribution is 0.102. The molecule has 1 aromatic carbocycles. The Morgan fingerprint density at radius 1 is 1.10 bits per heavy atom. The Balaban J connectivity index is 2.16. The van der Waals surface area contributed by atoms with E-state index >= 15 is 0 Å². The molecule has 2 rings (SSSR count). The number of halogens is 3. The van der Waals surface area contributed by atoms with Gasteiger partial charge in [0.2, 0.25) is 0 Å². The highest BCUT2D eigenvalue weighted by Gasteiger charge is 2.12. The first-order valence-corrected chi connectivity index (χ1v) is 7.18. The van der Waals surface area contributed by atoms with Gasteiger partial charge in [-0.25, -0.2) is 0 Å². The van der Waals surface area contributed by atoms with Gasteiger partial charge in [0.1, 0.15) is 5.82 Å². The Hall–Kier alpha value is -1.56. The van der Waals surface area contributed by atoms with Crippen molar-refractivity contribution in [2.45, 2.75) is 6.92 Å². The molecular weight excluding hydrogens is 335 g/mol. The van der Waals surface area contributed by atoms with E-state index in [1.165, 1.54) is 12.1 Å². The van der Waals surface area contributed by atoms with E-state index in [-0.39, 0.29) is 10.7 Å². The zero-order chi connectivity index (χ0) is 15.4. The van der Waals surface area contributed by atoms with Gasteiger partial charge in [-0.15, -0.1) is 10.2 Å². The highest BCUT2D eigenvalue weighted by Crippen LogP contribution is 2.32. The molecule has 1 aromatic heterocycles. The second-order valence-corrected chi connectivity index (χ2v) is 5.26. The minimum Gasteiger partial charge on any atom is -0.369 e. The number of nitrogens with one attached hydrogen (secondary N) is 2. The number of hydrogen-bond acceptors (Lipinski definition) is 4. The molecule has 1 heterocycles. The van der Waals surface area contributed by atoms with Crippen LogP contribution in [0, 0.1) is 0 Å². The van der Waals surface area contributed by atoms with Gasteiger partial charge in [-0.3, -0.25) is 4.79 Å². The fourth-order valence-corrected chi connectivity index (χ4v) is 2.13. The summed E-state index contributed by atoms with van der Waals surface area (Å²) in [5.74, 6) is 0.160. The molecule has 0 saturated heterocycles. The molecule has 0 fully saturated rings. The number of benzene rings is 1. The van der Waals surface area contributed by atoms with Crippen LogP contribution in [0.3, 0.4) is 0 Å². The van der Waals surface area contributed by atoms with Crippen molar-refractivity contribution in [3.63, 3.8) is 0 Å². The first-order chi connectivity index (χ1) is 10.0. The second kappa shape index (κ2) is 6.93. The molecule has 0 unspecified atom stereocenters. The fraction of sp³-hybridized carbons (Fsp3) is 0.154. The molecule has 0 aliphatic heterocycles. The van der Waals surface area contributed by atoms with E-state index in [4.69, 9.17) is 34.8 Å². The molecule has 21 heavy (non-hydrogen) atoms. The van der Waals surface area contributed by atoms with E-state index in [9.17, 15) is 4.79 Å². The summed E-state index contributed by atoms with van der Waals surface area (Å²) in [5.41, 5.74) is 0.521. The van der Waals surface area contributed by atoms with Crippen LogP contribution in [0.25, 0.3) is 0 Å². The maximum Gasteiger partial charge on any atom is 0.276 e. The number of amides is 1. The van der Waals surface area contributed by atoms with Crippen molar-refractivity contribution in [1.29, 1.82) is 0 Å². The van der Waals surface area contributed by atoms with Crippen molar-refractivity contribution in [1.82, 2.24) is 10.2 Å². The number of hydrogen-bond donors (Lipinski definition) is 2. The largest absolute Gasteiger partial charge is 0.369 e. The first kappa shape index (κ1) is 15.8. The maximum atomic E-state index is 12.1. The van der Waals surface area contributed by atoms with Crippen molar-refractivity contribution >= 4 is 52.2 Å². The first-order valence-electron chi connectivity index (χ1n) is 6.04. The van der Waals surface area contributed by atoms with Crippen LogP contribution in [0.1, 0.15) is 17.4 Å². The average molecular weight is 346 g/mol. The van der Waals surface area contributed by atoms with Crippen LogP contribution in [0.4, 0.5) is 11.5 Å². The van der Waals surface area contributed by atoms with Gasteiger partial charge in [-0.1, -0.05) is 34.8 Å². The fourth-order valence-electron chi connectivity index (χ4n) is 1.53. The van der Waals surface area contributed by atoms with E-state index < -0.39 is 5.91 Å². The van der Waals surface area contributed by atoms with E-state index in [1.807, 2.05) is 6.92 Å². The Bertz CT molecular complexity index is 661. The number of carbonyl (C=O) groups is 1. The van der Waals surface area contributed by atoms with Crippen LogP contribution in [0.15, 0.2) is 24.3 Å². The number of carbonyl (C=O) groups excluding carboxylic acids is 1. The average Bonchev–Trinajstić information content (AvgIpc) is 2.46. The quantitative estimate of drug-likeness (QED) is 0.818. The molecule has 5 nitrogen and oxygen atoms in total. The van der Waals surface area contributed by atoms with Gasteiger partial charge in [0.25, 0.3) is 5.91 Å². The molecule has 0 spiro atoms. The molecule has 0 saturated carbocycles. The zero-order valence-corrected chi connectivity index (χ0v) is 13.2. The summed E-state index contributed by atoms with van der Waals surface area (Å²) < 4.78 is 0. The van der Waals surface area contributed by atoms with Crippen LogP contribution >= 0.6 is 34.8 Å².